The highest BCUT2D eigenvalue weighted by Gasteiger charge is 2.27. The van der Waals surface area contributed by atoms with Gasteiger partial charge in [0.2, 0.25) is 6.29 Å². The van der Waals surface area contributed by atoms with E-state index in [-0.39, 0.29) is 26.1 Å². The number of carbonyl (C=O) groups is 1. The molecule has 0 rings (SSSR count). The second-order valence-electron chi connectivity index (χ2n) is 3.18. The molecule has 0 heterocycles. The Labute approximate surface area is 92.9 Å². The molecule has 0 atom stereocenters. The molecule has 0 radical (unpaired) electrons. The quantitative estimate of drug-likeness (QED) is 0.614. The number of Topliss-reactive ketones (excluding diaryl/α,β-unsaturated/α-hetero) is 1. The summed E-state index contributed by atoms with van der Waals surface area (Å²) in [5, 5.41) is 0. The third kappa shape index (κ3) is 7.64. The molecule has 0 saturated heterocycles. The van der Waals surface area contributed by atoms with Crippen LogP contribution in [0, 0.1) is 0 Å². The first-order valence-corrected chi connectivity index (χ1v) is 5.23. The van der Waals surface area contributed by atoms with Gasteiger partial charge in [0.05, 0.1) is 0 Å². The molecular weight excluding hydrogens is 225 g/mol. The molecule has 3 nitrogen and oxygen atoms in total. The molecule has 0 aromatic carbocycles. The number of hydrogen-bond donors (Lipinski definition) is 0. The van der Waals surface area contributed by atoms with Crippen LogP contribution in [-0.2, 0) is 14.3 Å². The molecule has 6 heteroatoms. The third-order valence-electron chi connectivity index (χ3n) is 1.78. The zero-order valence-corrected chi connectivity index (χ0v) is 9.47. The minimum Gasteiger partial charge on any atom is -0.346 e. The molecule has 0 aromatic heterocycles. The summed E-state index contributed by atoms with van der Waals surface area (Å²) in [6, 6.07) is 0. The summed E-state index contributed by atoms with van der Waals surface area (Å²) in [7, 11) is 0. The van der Waals surface area contributed by atoms with Crippen LogP contribution in [0.5, 0.6) is 0 Å². The van der Waals surface area contributed by atoms with Crippen LogP contribution >= 0.6 is 0 Å². The van der Waals surface area contributed by atoms with Crippen LogP contribution in [0.1, 0.15) is 33.1 Å². The van der Waals surface area contributed by atoms with E-state index in [0.717, 1.165) is 0 Å². The van der Waals surface area contributed by atoms with E-state index >= 15 is 0 Å². The van der Waals surface area contributed by atoms with E-state index in [2.05, 4.69) is 0 Å². The van der Waals surface area contributed by atoms with Gasteiger partial charge in [-0.15, -0.1) is 0 Å². The van der Waals surface area contributed by atoms with Crippen molar-refractivity contribution in [3.63, 3.8) is 0 Å². The first-order valence-electron chi connectivity index (χ1n) is 5.23. The summed E-state index contributed by atoms with van der Waals surface area (Å²) in [5.74, 6) is -0.437. The van der Waals surface area contributed by atoms with Crippen molar-refractivity contribution in [2.75, 3.05) is 13.2 Å². The van der Waals surface area contributed by atoms with E-state index in [1.807, 2.05) is 0 Å². The molecule has 0 aliphatic rings. The van der Waals surface area contributed by atoms with Crippen molar-refractivity contribution in [2.45, 2.75) is 45.6 Å². The maximum absolute atomic E-state index is 11.8. The molecule has 0 amide bonds. The number of halogens is 3. The number of rotatable bonds is 8. The molecule has 0 saturated carbocycles. The first kappa shape index (κ1) is 15.4. The van der Waals surface area contributed by atoms with Crippen molar-refractivity contribution in [1.29, 1.82) is 0 Å². The van der Waals surface area contributed by atoms with Crippen molar-refractivity contribution in [2.24, 2.45) is 0 Å². The number of alkyl halides is 3. The molecule has 96 valence electrons. The van der Waals surface area contributed by atoms with Crippen LogP contribution < -0.4 is 0 Å². The molecule has 0 unspecified atom stereocenters. The molecule has 16 heavy (non-hydrogen) atoms. The maximum atomic E-state index is 11.8. The van der Waals surface area contributed by atoms with Crippen molar-refractivity contribution in [3.8, 4) is 0 Å². The van der Waals surface area contributed by atoms with Gasteiger partial charge >= 0.3 is 6.18 Å². The highest BCUT2D eigenvalue weighted by Crippen LogP contribution is 2.22. The van der Waals surface area contributed by atoms with E-state index in [4.69, 9.17) is 9.47 Å². The van der Waals surface area contributed by atoms with Crippen molar-refractivity contribution >= 4 is 5.78 Å². The lowest BCUT2D eigenvalue weighted by molar-refractivity contribution is -0.169. The summed E-state index contributed by atoms with van der Waals surface area (Å²) >= 11 is 0. The van der Waals surface area contributed by atoms with Crippen LogP contribution in [0.3, 0.4) is 0 Å². The highest BCUT2D eigenvalue weighted by molar-refractivity contribution is 5.81. The SMILES string of the molecule is CCOC(OCC)C(=O)CCCC(F)(F)F. The first-order chi connectivity index (χ1) is 7.40. The van der Waals surface area contributed by atoms with Gasteiger partial charge in [-0.1, -0.05) is 0 Å². The van der Waals surface area contributed by atoms with Crippen LogP contribution in [0.25, 0.3) is 0 Å². The number of ketones is 1. The molecule has 0 bridgehead atoms. The second kappa shape index (κ2) is 7.62. The lowest BCUT2D eigenvalue weighted by Crippen LogP contribution is -2.27. The third-order valence-corrected chi connectivity index (χ3v) is 1.78. The Balaban J connectivity index is 3.91. The summed E-state index contributed by atoms with van der Waals surface area (Å²) in [6.07, 6.45) is -6.59. The summed E-state index contributed by atoms with van der Waals surface area (Å²) in [6.45, 7) is 3.95. The van der Waals surface area contributed by atoms with Crippen molar-refractivity contribution in [1.82, 2.24) is 0 Å². The van der Waals surface area contributed by atoms with Crippen LogP contribution in [-0.4, -0.2) is 31.5 Å². The van der Waals surface area contributed by atoms with E-state index in [1.165, 1.54) is 0 Å². The predicted molar refractivity (Wildman–Crippen MR) is 52.0 cm³/mol. The van der Waals surface area contributed by atoms with Crippen LogP contribution in [0.2, 0.25) is 0 Å². The molecular formula is C10H17F3O3. The smallest absolute Gasteiger partial charge is 0.346 e. The molecule has 0 aliphatic heterocycles. The average Bonchev–Trinajstić information content (AvgIpc) is 2.15. The molecule has 0 fully saturated rings. The molecule has 0 aliphatic carbocycles. The summed E-state index contributed by atoms with van der Waals surface area (Å²) in [4.78, 5) is 11.4. The highest BCUT2D eigenvalue weighted by atomic mass is 19.4. The lowest BCUT2D eigenvalue weighted by atomic mass is 10.1. The Hall–Kier alpha value is -0.620. The van der Waals surface area contributed by atoms with Crippen molar-refractivity contribution < 1.29 is 27.4 Å². The monoisotopic (exact) mass is 242 g/mol. The van der Waals surface area contributed by atoms with Gasteiger partial charge in [-0.25, -0.2) is 0 Å². The molecule has 0 spiro atoms. The normalized spacial score (nSPS) is 12.1. The van der Waals surface area contributed by atoms with Gasteiger partial charge in [0, 0.05) is 26.1 Å². The molecule has 0 N–H and O–H groups in total. The minimum absolute atomic E-state index is 0.176. The van der Waals surface area contributed by atoms with Crippen molar-refractivity contribution in [3.05, 3.63) is 0 Å². The number of carbonyl (C=O) groups excluding carboxylic acids is 1. The second-order valence-corrected chi connectivity index (χ2v) is 3.18. The Morgan fingerprint density at radius 1 is 1.19 bits per heavy atom. The van der Waals surface area contributed by atoms with Gasteiger partial charge in [0.25, 0.3) is 0 Å². The molecule has 0 aromatic rings. The Morgan fingerprint density at radius 3 is 2.06 bits per heavy atom. The largest absolute Gasteiger partial charge is 0.389 e. The standard InChI is InChI=1S/C10H17F3O3/c1-3-15-9(16-4-2)8(14)6-5-7-10(11,12)13/h9H,3-7H2,1-2H3. The fourth-order valence-electron chi connectivity index (χ4n) is 1.12. The van der Waals surface area contributed by atoms with Crippen LogP contribution in [0.15, 0.2) is 0 Å². The van der Waals surface area contributed by atoms with Gasteiger partial charge in [-0.3, -0.25) is 4.79 Å². The Bertz CT molecular complexity index is 198. The van der Waals surface area contributed by atoms with Crippen LogP contribution in [0.4, 0.5) is 13.2 Å². The maximum Gasteiger partial charge on any atom is 0.389 e. The van der Waals surface area contributed by atoms with Gasteiger partial charge in [-0.05, 0) is 20.3 Å². The topological polar surface area (TPSA) is 35.5 Å². The minimum atomic E-state index is -4.22. The van der Waals surface area contributed by atoms with E-state index in [1.54, 1.807) is 13.8 Å². The fourth-order valence-corrected chi connectivity index (χ4v) is 1.12. The van der Waals surface area contributed by atoms with Gasteiger partial charge < -0.3 is 9.47 Å². The van der Waals surface area contributed by atoms with E-state index in [0.29, 0.717) is 0 Å². The average molecular weight is 242 g/mol. The zero-order valence-electron chi connectivity index (χ0n) is 9.47. The number of hydrogen-bond acceptors (Lipinski definition) is 3. The van der Waals surface area contributed by atoms with E-state index in [9.17, 15) is 18.0 Å². The number of ether oxygens (including phenoxy) is 2. The fraction of sp³-hybridized carbons (Fsp3) is 0.900. The summed E-state index contributed by atoms with van der Waals surface area (Å²) in [5.41, 5.74) is 0. The van der Waals surface area contributed by atoms with E-state index < -0.39 is 24.7 Å². The predicted octanol–water partition coefficient (Wildman–Crippen LogP) is 2.69. The van der Waals surface area contributed by atoms with Gasteiger partial charge in [0.1, 0.15) is 0 Å². The zero-order chi connectivity index (χ0) is 12.6. The van der Waals surface area contributed by atoms with Gasteiger partial charge in [0.15, 0.2) is 5.78 Å². The van der Waals surface area contributed by atoms with Gasteiger partial charge in [-0.2, -0.15) is 13.2 Å². The lowest BCUT2D eigenvalue weighted by Gasteiger charge is -2.15. The Kier molecular flexibility index (Phi) is 7.33. The Morgan fingerprint density at radius 2 is 1.69 bits per heavy atom. The summed E-state index contributed by atoms with van der Waals surface area (Å²) < 4.78 is 45.4.